The summed E-state index contributed by atoms with van der Waals surface area (Å²) < 4.78 is 8.91. The SMILES string of the molecule is c1ccc(N(c2ccc(-c3ccc4c(ccc5ccccc54)c3)cc2)c2ccc(-c3cccc4c3oc3ccccc34)cc2)c(-c2ccc(-c3ccccc3-n3c4ccccc4c4ccccc43)cc2)c1. The van der Waals surface area contributed by atoms with Crippen LogP contribution in [0.5, 0.6) is 0 Å². The summed E-state index contributed by atoms with van der Waals surface area (Å²) in [5.41, 5.74) is 17.7. The highest BCUT2D eigenvalue weighted by atomic mass is 16.3. The van der Waals surface area contributed by atoms with Crippen LogP contribution in [0.15, 0.2) is 271 Å². The van der Waals surface area contributed by atoms with Crippen molar-refractivity contribution < 1.29 is 4.42 Å². The summed E-state index contributed by atoms with van der Waals surface area (Å²) >= 11 is 0. The number of para-hydroxylation sites is 6. The van der Waals surface area contributed by atoms with Gasteiger partial charge in [0, 0.05) is 49.6 Å². The van der Waals surface area contributed by atoms with Crippen LogP contribution >= 0.6 is 0 Å². The molecule has 0 spiro atoms. The molecule has 0 saturated carbocycles. The molecule has 14 rings (SSSR count). The van der Waals surface area contributed by atoms with Crippen LogP contribution in [0, 0.1) is 0 Å². The van der Waals surface area contributed by atoms with Crippen molar-refractivity contribution in [2.45, 2.75) is 0 Å². The van der Waals surface area contributed by atoms with Gasteiger partial charge in [-0.15, -0.1) is 0 Å². The third-order valence-electron chi connectivity index (χ3n) is 14.4. The monoisotopic (exact) mass is 904 g/mol. The van der Waals surface area contributed by atoms with Gasteiger partial charge in [0.2, 0.25) is 0 Å². The number of rotatable bonds is 8. The predicted octanol–water partition coefficient (Wildman–Crippen LogP) is 19.1. The highest BCUT2D eigenvalue weighted by Gasteiger charge is 2.20. The topological polar surface area (TPSA) is 21.3 Å². The minimum atomic E-state index is 0.898. The molecular weight excluding hydrogens is 861 g/mol. The lowest BCUT2D eigenvalue weighted by molar-refractivity contribution is 0.670. The van der Waals surface area contributed by atoms with Gasteiger partial charge in [0.1, 0.15) is 11.2 Å². The molecular formula is C68H44N2O. The van der Waals surface area contributed by atoms with Crippen molar-refractivity contribution in [3.8, 4) is 50.2 Å². The van der Waals surface area contributed by atoms with Gasteiger partial charge in [-0.3, -0.25) is 0 Å². The second kappa shape index (κ2) is 16.7. The van der Waals surface area contributed by atoms with Crippen molar-refractivity contribution in [1.82, 2.24) is 4.57 Å². The van der Waals surface area contributed by atoms with E-state index in [-0.39, 0.29) is 0 Å². The van der Waals surface area contributed by atoms with Gasteiger partial charge in [-0.05, 0) is 110 Å². The Hall–Kier alpha value is -9.44. The van der Waals surface area contributed by atoms with Gasteiger partial charge in [0.05, 0.1) is 22.4 Å². The van der Waals surface area contributed by atoms with E-state index in [2.05, 4.69) is 264 Å². The minimum Gasteiger partial charge on any atom is -0.455 e. The van der Waals surface area contributed by atoms with Crippen molar-refractivity contribution in [2.24, 2.45) is 0 Å². The Morgan fingerprint density at radius 2 is 0.789 bits per heavy atom. The standard InChI is InChI=1S/C68H44N2O/c1-2-15-54-46(14-1)32-33-51-44-50(38-43-55(51)54)45-34-39-52(40-35-45)69(53-41-36-49(37-42-53)58-21-13-22-62-61-20-7-12-27-67(61)71-68(58)62)63-23-8-3-16-56(63)47-28-30-48(31-29-47)57-17-4-9-24-64(57)70-65-25-10-5-18-59(65)60-19-6-11-26-66(60)70/h1-44H. The van der Waals surface area contributed by atoms with Crippen molar-refractivity contribution in [3.63, 3.8) is 0 Å². The van der Waals surface area contributed by atoms with Crippen molar-refractivity contribution in [3.05, 3.63) is 267 Å². The average molecular weight is 905 g/mol. The third-order valence-corrected chi connectivity index (χ3v) is 14.4. The molecule has 0 unspecified atom stereocenters. The second-order valence-electron chi connectivity index (χ2n) is 18.4. The summed E-state index contributed by atoms with van der Waals surface area (Å²) in [6.07, 6.45) is 0. The molecule has 12 aromatic carbocycles. The van der Waals surface area contributed by atoms with E-state index in [1.54, 1.807) is 0 Å². The Morgan fingerprint density at radius 1 is 0.296 bits per heavy atom. The largest absolute Gasteiger partial charge is 0.455 e. The Kier molecular flexibility index (Phi) is 9.53. The lowest BCUT2D eigenvalue weighted by atomic mass is 9.96. The molecule has 0 aliphatic heterocycles. The minimum absolute atomic E-state index is 0.898. The molecule has 71 heavy (non-hydrogen) atoms. The molecule has 332 valence electrons. The van der Waals surface area contributed by atoms with E-state index in [0.29, 0.717) is 0 Å². The van der Waals surface area contributed by atoms with Crippen LogP contribution in [0.1, 0.15) is 0 Å². The van der Waals surface area contributed by atoms with E-state index in [9.17, 15) is 0 Å². The normalized spacial score (nSPS) is 11.7. The molecule has 2 aromatic heterocycles. The Morgan fingerprint density at radius 3 is 1.54 bits per heavy atom. The van der Waals surface area contributed by atoms with Crippen LogP contribution in [0.25, 0.3) is 115 Å². The first-order valence-corrected chi connectivity index (χ1v) is 24.3. The maximum Gasteiger partial charge on any atom is 0.143 e. The molecule has 3 heteroatoms. The first-order chi connectivity index (χ1) is 35.2. The molecule has 0 atom stereocenters. The van der Waals surface area contributed by atoms with Crippen LogP contribution in [-0.4, -0.2) is 4.57 Å². The van der Waals surface area contributed by atoms with Gasteiger partial charge in [-0.1, -0.05) is 206 Å². The Balaban J connectivity index is 0.865. The summed E-state index contributed by atoms with van der Waals surface area (Å²) in [6.45, 7) is 0. The summed E-state index contributed by atoms with van der Waals surface area (Å²) in [5.74, 6) is 0. The lowest BCUT2D eigenvalue weighted by Crippen LogP contribution is -2.11. The molecule has 0 bridgehead atoms. The van der Waals surface area contributed by atoms with Crippen LogP contribution in [0.3, 0.4) is 0 Å². The van der Waals surface area contributed by atoms with E-state index in [1.165, 1.54) is 60.0 Å². The molecule has 0 saturated heterocycles. The first kappa shape index (κ1) is 40.6. The number of benzene rings is 12. The first-order valence-electron chi connectivity index (χ1n) is 24.3. The highest BCUT2D eigenvalue weighted by molar-refractivity contribution is 6.11. The van der Waals surface area contributed by atoms with Gasteiger partial charge in [0.15, 0.2) is 0 Å². The van der Waals surface area contributed by atoms with Crippen LogP contribution < -0.4 is 4.90 Å². The maximum absolute atomic E-state index is 6.49. The second-order valence-corrected chi connectivity index (χ2v) is 18.4. The smallest absolute Gasteiger partial charge is 0.143 e. The third kappa shape index (κ3) is 6.82. The molecule has 0 fully saturated rings. The molecule has 0 amide bonds. The summed E-state index contributed by atoms with van der Waals surface area (Å²) in [7, 11) is 0. The lowest BCUT2D eigenvalue weighted by Gasteiger charge is -2.28. The molecule has 0 aliphatic carbocycles. The zero-order valence-corrected chi connectivity index (χ0v) is 38.7. The number of nitrogens with zero attached hydrogens (tertiary/aromatic N) is 2. The van der Waals surface area contributed by atoms with E-state index in [4.69, 9.17) is 4.42 Å². The fraction of sp³-hybridized carbons (Fsp3) is 0. The number of fused-ring (bicyclic) bond motifs is 9. The summed E-state index contributed by atoms with van der Waals surface area (Å²) in [4.78, 5) is 2.39. The highest BCUT2D eigenvalue weighted by Crippen LogP contribution is 2.44. The summed E-state index contributed by atoms with van der Waals surface area (Å²) in [6, 6.07) is 96.7. The van der Waals surface area contributed by atoms with Crippen LogP contribution in [-0.2, 0) is 0 Å². The quantitative estimate of drug-likeness (QED) is 0.142. The Labute approximate surface area is 411 Å². The number of furan rings is 1. The number of hydrogen-bond acceptors (Lipinski definition) is 2. The molecule has 14 aromatic rings. The van der Waals surface area contributed by atoms with Gasteiger partial charge < -0.3 is 13.9 Å². The molecule has 0 N–H and O–H groups in total. The zero-order chi connectivity index (χ0) is 46.8. The van der Waals surface area contributed by atoms with Crippen molar-refractivity contribution >= 4 is 82.4 Å². The van der Waals surface area contributed by atoms with Crippen LogP contribution in [0.4, 0.5) is 17.1 Å². The fourth-order valence-electron chi connectivity index (χ4n) is 11.0. The average Bonchev–Trinajstić information content (AvgIpc) is 4.00. The van der Waals surface area contributed by atoms with E-state index in [0.717, 1.165) is 72.5 Å². The molecule has 0 radical (unpaired) electrons. The van der Waals surface area contributed by atoms with Crippen molar-refractivity contribution in [1.29, 1.82) is 0 Å². The molecule has 2 heterocycles. The van der Waals surface area contributed by atoms with Gasteiger partial charge in [-0.2, -0.15) is 0 Å². The summed E-state index contributed by atoms with van der Waals surface area (Å²) in [5, 5.41) is 9.81. The zero-order valence-electron chi connectivity index (χ0n) is 38.7. The number of hydrogen-bond donors (Lipinski definition) is 0. The Bertz CT molecular complexity index is 4280. The van der Waals surface area contributed by atoms with E-state index in [1.807, 2.05) is 12.1 Å². The van der Waals surface area contributed by atoms with E-state index >= 15 is 0 Å². The van der Waals surface area contributed by atoms with Gasteiger partial charge >= 0.3 is 0 Å². The number of aromatic nitrogens is 1. The van der Waals surface area contributed by atoms with Gasteiger partial charge in [-0.25, -0.2) is 0 Å². The van der Waals surface area contributed by atoms with E-state index < -0.39 is 0 Å². The maximum atomic E-state index is 6.49. The molecule has 3 nitrogen and oxygen atoms in total. The molecule has 0 aliphatic rings. The fourth-order valence-corrected chi connectivity index (χ4v) is 11.0. The van der Waals surface area contributed by atoms with Gasteiger partial charge in [0.25, 0.3) is 0 Å². The van der Waals surface area contributed by atoms with Crippen molar-refractivity contribution in [2.75, 3.05) is 4.90 Å². The number of anilines is 3. The predicted molar refractivity (Wildman–Crippen MR) is 299 cm³/mol. The van der Waals surface area contributed by atoms with Crippen LogP contribution in [0.2, 0.25) is 0 Å².